The average molecular weight is 393 g/mol. The van der Waals surface area contributed by atoms with Crippen LogP contribution in [0.5, 0.6) is 5.75 Å². The van der Waals surface area contributed by atoms with E-state index < -0.39 is 0 Å². The number of amides is 1. The number of rotatable bonds is 5. The van der Waals surface area contributed by atoms with Crippen LogP contribution >= 0.6 is 0 Å². The van der Waals surface area contributed by atoms with Gasteiger partial charge in [-0.15, -0.1) is 0 Å². The second-order valence-corrected chi connectivity index (χ2v) is 7.10. The lowest BCUT2D eigenvalue weighted by Gasteiger charge is -2.30. The van der Waals surface area contributed by atoms with Crippen molar-refractivity contribution in [2.24, 2.45) is 5.92 Å². The third-order valence-electron chi connectivity index (χ3n) is 5.34. The number of benzene rings is 2. The van der Waals surface area contributed by atoms with Gasteiger partial charge in [0.05, 0.1) is 13.0 Å². The molecule has 0 saturated carbocycles. The summed E-state index contributed by atoms with van der Waals surface area (Å²) < 4.78 is 16.7. The summed E-state index contributed by atoms with van der Waals surface area (Å²) in [5.74, 6) is 0.503. The molecule has 29 heavy (non-hydrogen) atoms. The molecule has 1 fully saturated rings. The standard InChI is InChI=1S/C23H23NO5/c1-27-23(26)16-11-13-24(14-12-16)22(25)21-19(15-28-17-7-3-2-4-8-17)18-9-5-6-10-20(18)29-21/h2-10,16H,11-15H2,1H3. The first kappa shape index (κ1) is 19.1. The third-order valence-corrected chi connectivity index (χ3v) is 5.34. The molecule has 6 heteroatoms. The molecule has 0 N–H and O–H groups in total. The van der Waals surface area contributed by atoms with E-state index in [0.29, 0.717) is 37.3 Å². The van der Waals surface area contributed by atoms with Gasteiger partial charge in [-0.1, -0.05) is 36.4 Å². The second kappa shape index (κ2) is 8.39. The fourth-order valence-electron chi connectivity index (χ4n) is 3.72. The summed E-state index contributed by atoms with van der Waals surface area (Å²) in [6, 6.07) is 17.1. The number of likely N-dealkylation sites (tertiary alicyclic amines) is 1. The summed E-state index contributed by atoms with van der Waals surface area (Å²) in [7, 11) is 1.40. The molecule has 1 aliphatic heterocycles. The van der Waals surface area contributed by atoms with Gasteiger partial charge in [0.2, 0.25) is 0 Å². The summed E-state index contributed by atoms with van der Waals surface area (Å²) in [6.45, 7) is 1.23. The molecule has 1 saturated heterocycles. The van der Waals surface area contributed by atoms with Crippen LogP contribution in [0.3, 0.4) is 0 Å². The highest BCUT2D eigenvalue weighted by Crippen LogP contribution is 2.29. The first-order chi connectivity index (χ1) is 14.2. The normalized spacial score (nSPS) is 14.7. The Balaban J connectivity index is 1.56. The van der Waals surface area contributed by atoms with Crippen molar-refractivity contribution >= 4 is 22.8 Å². The number of carbonyl (C=O) groups excluding carboxylic acids is 2. The van der Waals surface area contributed by atoms with Crippen LogP contribution < -0.4 is 4.74 Å². The molecule has 2 aromatic carbocycles. The molecule has 6 nitrogen and oxygen atoms in total. The second-order valence-electron chi connectivity index (χ2n) is 7.10. The van der Waals surface area contributed by atoms with Gasteiger partial charge in [-0.25, -0.2) is 0 Å². The van der Waals surface area contributed by atoms with E-state index in [1.54, 1.807) is 4.90 Å². The number of furan rings is 1. The molecule has 2 heterocycles. The molecule has 4 rings (SSSR count). The molecule has 0 bridgehead atoms. The Morgan fingerprint density at radius 1 is 1.03 bits per heavy atom. The van der Waals surface area contributed by atoms with E-state index in [2.05, 4.69) is 0 Å². The maximum Gasteiger partial charge on any atom is 0.308 e. The highest BCUT2D eigenvalue weighted by molar-refractivity contribution is 5.99. The first-order valence-corrected chi connectivity index (χ1v) is 9.72. The highest BCUT2D eigenvalue weighted by Gasteiger charge is 2.31. The van der Waals surface area contributed by atoms with Gasteiger partial charge in [0.15, 0.2) is 5.76 Å². The molecule has 0 unspecified atom stereocenters. The molecule has 0 radical (unpaired) electrons. The van der Waals surface area contributed by atoms with E-state index in [1.165, 1.54) is 7.11 Å². The smallest absolute Gasteiger partial charge is 0.308 e. The number of ether oxygens (including phenoxy) is 2. The zero-order valence-electron chi connectivity index (χ0n) is 16.3. The average Bonchev–Trinajstić information content (AvgIpc) is 3.16. The maximum absolute atomic E-state index is 13.2. The number of hydrogen-bond donors (Lipinski definition) is 0. The van der Waals surface area contributed by atoms with Gasteiger partial charge < -0.3 is 18.8 Å². The number of carbonyl (C=O) groups is 2. The lowest BCUT2D eigenvalue weighted by molar-refractivity contribution is -0.146. The summed E-state index contributed by atoms with van der Waals surface area (Å²) in [4.78, 5) is 26.7. The van der Waals surface area contributed by atoms with Crippen molar-refractivity contribution in [3.8, 4) is 5.75 Å². The van der Waals surface area contributed by atoms with Crippen LogP contribution in [0.2, 0.25) is 0 Å². The van der Waals surface area contributed by atoms with Crippen LogP contribution in [0.25, 0.3) is 11.0 Å². The molecular weight excluding hydrogens is 370 g/mol. The van der Waals surface area contributed by atoms with Gasteiger partial charge in [0.1, 0.15) is 17.9 Å². The lowest BCUT2D eigenvalue weighted by Crippen LogP contribution is -2.40. The minimum atomic E-state index is -0.210. The van der Waals surface area contributed by atoms with Gasteiger partial charge in [-0.2, -0.15) is 0 Å². The van der Waals surface area contributed by atoms with Gasteiger partial charge in [0, 0.05) is 24.0 Å². The van der Waals surface area contributed by atoms with Gasteiger partial charge >= 0.3 is 5.97 Å². The highest BCUT2D eigenvalue weighted by atomic mass is 16.5. The van der Waals surface area contributed by atoms with Crippen LogP contribution in [-0.4, -0.2) is 37.0 Å². The Hall–Kier alpha value is -3.28. The topological polar surface area (TPSA) is 69.0 Å². The number of hydrogen-bond acceptors (Lipinski definition) is 5. The molecular formula is C23H23NO5. The van der Waals surface area contributed by atoms with E-state index in [0.717, 1.165) is 16.7 Å². The minimum Gasteiger partial charge on any atom is -0.489 e. The predicted molar refractivity (Wildman–Crippen MR) is 108 cm³/mol. The number of esters is 1. The molecule has 3 aromatic rings. The van der Waals surface area contributed by atoms with E-state index >= 15 is 0 Å². The first-order valence-electron chi connectivity index (χ1n) is 9.72. The Morgan fingerprint density at radius 2 is 1.72 bits per heavy atom. The molecule has 1 aliphatic rings. The number of nitrogens with zero attached hydrogens (tertiary/aromatic N) is 1. The number of para-hydroxylation sites is 2. The van der Waals surface area contributed by atoms with E-state index in [9.17, 15) is 9.59 Å². The Labute approximate surface area is 169 Å². The fraction of sp³-hybridized carbons (Fsp3) is 0.304. The lowest BCUT2D eigenvalue weighted by atomic mass is 9.96. The van der Waals surface area contributed by atoms with Crippen molar-refractivity contribution in [1.82, 2.24) is 4.90 Å². The molecule has 0 spiro atoms. The van der Waals surface area contributed by atoms with Crippen molar-refractivity contribution in [2.75, 3.05) is 20.2 Å². The molecule has 150 valence electrons. The predicted octanol–water partition coefficient (Wildman–Crippen LogP) is 4.04. The van der Waals surface area contributed by atoms with Crippen LogP contribution in [0, 0.1) is 5.92 Å². The van der Waals surface area contributed by atoms with Crippen molar-refractivity contribution in [2.45, 2.75) is 19.4 Å². The monoisotopic (exact) mass is 393 g/mol. The number of methoxy groups -OCH3 is 1. The van der Waals surface area contributed by atoms with Crippen molar-refractivity contribution in [1.29, 1.82) is 0 Å². The Kier molecular flexibility index (Phi) is 5.51. The largest absolute Gasteiger partial charge is 0.489 e. The van der Waals surface area contributed by atoms with Crippen LogP contribution in [0.15, 0.2) is 59.0 Å². The zero-order valence-corrected chi connectivity index (χ0v) is 16.3. The van der Waals surface area contributed by atoms with Crippen molar-refractivity contribution < 1.29 is 23.5 Å². The van der Waals surface area contributed by atoms with Crippen LogP contribution in [0.4, 0.5) is 0 Å². The van der Waals surface area contributed by atoms with Crippen LogP contribution in [0.1, 0.15) is 29.0 Å². The maximum atomic E-state index is 13.2. The van der Waals surface area contributed by atoms with Gasteiger partial charge in [-0.3, -0.25) is 9.59 Å². The van der Waals surface area contributed by atoms with Crippen molar-refractivity contribution in [3.63, 3.8) is 0 Å². The van der Waals surface area contributed by atoms with E-state index in [1.807, 2.05) is 54.6 Å². The Morgan fingerprint density at radius 3 is 2.45 bits per heavy atom. The minimum absolute atomic E-state index is 0.152. The zero-order chi connectivity index (χ0) is 20.2. The molecule has 0 atom stereocenters. The van der Waals surface area contributed by atoms with Crippen LogP contribution in [-0.2, 0) is 16.1 Å². The van der Waals surface area contributed by atoms with Gasteiger partial charge in [0.25, 0.3) is 5.91 Å². The fourth-order valence-corrected chi connectivity index (χ4v) is 3.72. The SMILES string of the molecule is COC(=O)C1CCN(C(=O)c2oc3ccccc3c2COc2ccccc2)CC1. The number of fused-ring (bicyclic) bond motifs is 1. The van der Waals surface area contributed by atoms with Gasteiger partial charge in [-0.05, 0) is 31.0 Å². The number of piperidine rings is 1. The summed E-state index contributed by atoms with van der Waals surface area (Å²) in [6.07, 6.45) is 1.18. The van der Waals surface area contributed by atoms with E-state index in [-0.39, 0.29) is 24.4 Å². The quantitative estimate of drug-likeness (QED) is 0.612. The van der Waals surface area contributed by atoms with E-state index in [4.69, 9.17) is 13.9 Å². The molecule has 1 amide bonds. The molecule has 1 aromatic heterocycles. The Bertz CT molecular complexity index is 1000. The van der Waals surface area contributed by atoms with Crippen molar-refractivity contribution in [3.05, 3.63) is 65.9 Å². The summed E-state index contributed by atoms with van der Waals surface area (Å²) in [5, 5.41) is 0.872. The summed E-state index contributed by atoms with van der Waals surface area (Å²) >= 11 is 0. The molecule has 0 aliphatic carbocycles. The summed E-state index contributed by atoms with van der Waals surface area (Å²) in [5.41, 5.74) is 1.40. The third kappa shape index (κ3) is 3.97.